The number of nitrogens with two attached hydrogens (primary N) is 1. The summed E-state index contributed by atoms with van der Waals surface area (Å²) in [5.74, 6) is 5.09. The van der Waals surface area contributed by atoms with E-state index in [-0.39, 0.29) is 11.9 Å². The van der Waals surface area contributed by atoms with Crippen molar-refractivity contribution < 1.29 is 4.79 Å². The second-order valence-electron chi connectivity index (χ2n) is 4.36. The number of nitrogens with zero attached hydrogens (tertiary/aromatic N) is 1. The second kappa shape index (κ2) is 7.51. The lowest BCUT2D eigenvalue weighted by Crippen LogP contribution is -2.47. The number of nitrogens with one attached hydrogen (secondary N) is 1. The Labute approximate surface area is 117 Å². The van der Waals surface area contributed by atoms with Crippen molar-refractivity contribution in [2.75, 3.05) is 7.05 Å². The number of hydrogen-bond acceptors (Lipinski definition) is 3. The quantitative estimate of drug-likeness (QED) is 0.480. The summed E-state index contributed by atoms with van der Waals surface area (Å²) < 4.78 is 1.05. The van der Waals surface area contributed by atoms with Gasteiger partial charge in [0.1, 0.15) is 0 Å². The number of halogens is 1. The minimum Gasteiger partial charge on any atom is -0.293 e. The number of hydrogen-bond donors (Lipinski definition) is 2. The Bertz CT molecular complexity index is 398. The van der Waals surface area contributed by atoms with Gasteiger partial charge in [-0.3, -0.25) is 15.1 Å². The summed E-state index contributed by atoms with van der Waals surface area (Å²) in [6.45, 7) is 2.78. The molecule has 1 unspecified atom stereocenters. The Morgan fingerprint density at radius 1 is 1.56 bits per heavy atom. The van der Waals surface area contributed by atoms with E-state index in [0.29, 0.717) is 0 Å². The number of amides is 1. The molecule has 0 saturated carbocycles. The monoisotopic (exact) mass is 313 g/mol. The van der Waals surface area contributed by atoms with Gasteiger partial charge in [-0.25, -0.2) is 5.84 Å². The molecule has 0 saturated heterocycles. The lowest BCUT2D eigenvalue weighted by molar-refractivity contribution is -0.126. The van der Waals surface area contributed by atoms with Crippen molar-refractivity contribution >= 4 is 21.8 Å². The molecule has 18 heavy (non-hydrogen) atoms. The number of rotatable bonds is 6. The molecule has 1 aromatic rings. The average Bonchev–Trinajstić information content (AvgIpc) is 2.35. The van der Waals surface area contributed by atoms with Crippen LogP contribution in [0.2, 0.25) is 0 Å². The third-order valence-corrected chi connectivity index (χ3v) is 3.35. The molecule has 1 rings (SSSR count). The van der Waals surface area contributed by atoms with E-state index in [1.165, 1.54) is 0 Å². The first-order valence-corrected chi connectivity index (χ1v) is 6.83. The highest BCUT2D eigenvalue weighted by Gasteiger charge is 2.21. The summed E-state index contributed by atoms with van der Waals surface area (Å²) in [5, 5.41) is 0. The number of hydrazine groups is 1. The fourth-order valence-electron chi connectivity index (χ4n) is 1.95. The predicted octanol–water partition coefficient (Wildman–Crippen LogP) is 2.04. The first-order valence-electron chi connectivity index (χ1n) is 6.03. The van der Waals surface area contributed by atoms with Crippen molar-refractivity contribution in [2.45, 2.75) is 32.4 Å². The van der Waals surface area contributed by atoms with Gasteiger partial charge in [-0.1, -0.05) is 41.4 Å². The van der Waals surface area contributed by atoms with Gasteiger partial charge in [-0.05, 0) is 31.2 Å². The van der Waals surface area contributed by atoms with Crippen molar-refractivity contribution in [3.05, 3.63) is 34.3 Å². The SMILES string of the molecule is CCCC(C(=O)NN)N(C)Cc1cccc(Br)c1. The highest BCUT2D eigenvalue weighted by Crippen LogP contribution is 2.15. The van der Waals surface area contributed by atoms with Gasteiger partial charge in [-0.2, -0.15) is 0 Å². The van der Waals surface area contributed by atoms with Crippen LogP contribution in [0.15, 0.2) is 28.7 Å². The van der Waals surface area contributed by atoms with Crippen molar-refractivity contribution in [1.29, 1.82) is 0 Å². The first kappa shape index (κ1) is 15.1. The molecule has 0 aliphatic carbocycles. The molecule has 0 aromatic heterocycles. The number of benzene rings is 1. The molecule has 100 valence electrons. The van der Waals surface area contributed by atoms with E-state index in [4.69, 9.17) is 5.84 Å². The zero-order valence-electron chi connectivity index (χ0n) is 10.8. The number of carbonyl (C=O) groups is 1. The van der Waals surface area contributed by atoms with E-state index in [2.05, 4.69) is 34.3 Å². The number of carbonyl (C=O) groups excluding carboxylic acids is 1. The molecule has 0 bridgehead atoms. The lowest BCUT2D eigenvalue weighted by atomic mass is 10.1. The minimum atomic E-state index is -0.181. The molecule has 5 heteroatoms. The largest absolute Gasteiger partial charge is 0.293 e. The molecule has 3 N–H and O–H groups in total. The molecule has 0 fully saturated rings. The molecule has 1 aromatic carbocycles. The fraction of sp³-hybridized carbons (Fsp3) is 0.462. The Hall–Kier alpha value is -0.910. The van der Waals surface area contributed by atoms with Crippen molar-refractivity contribution in [1.82, 2.24) is 10.3 Å². The van der Waals surface area contributed by atoms with E-state index in [9.17, 15) is 4.79 Å². The van der Waals surface area contributed by atoms with Gasteiger partial charge < -0.3 is 0 Å². The summed E-state index contributed by atoms with van der Waals surface area (Å²) in [5.41, 5.74) is 3.40. The lowest BCUT2D eigenvalue weighted by Gasteiger charge is -2.26. The maximum Gasteiger partial charge on any atom is 0.251 e. The van der Waals surface area contributed by atoms with E-state index in [0.717, 1.165) is 29.4 Å². The summed E-state index contributed by atoms with van der Waals surface area (Å²) >= 11 is 3.44. The molecule has 0 aliphatic rings. The molecule has 0 spiro atoms. The topological polar surface area (TPSA) is 58.4 Å². The van der Waals surface area contributed by atoms with Crippen molar-refractivity contribution in [3.8, 4) is 0 Å². The second-order valence-corrected chi connectivity index (χ2v) is 5.27. The van der Waals surface area contributed by atoms with Crippen molar-refractivity contribution in [3.63, 3.8) is 0 Å². The maximum atomic E-state index is 11.7. The molecule has 0 heterocycles. The van der Waals surface area contributed by atoms with Crippen LogP contribution in [0.3, 0.4) is 0 Å². The molecule has 4 nitrogen and oxygen atoms in total. The molecule has 1 amide bonds. The van der Waals surface area contributed by atoms with Crippen LogP contribution >= 0.6 is 15.9 Å². The van der Waals surface area contributed by atoms with Gasteiger partial charge in [0.15, 0.2) is 0 Å². The van der Waals surface area contributed by atoms with Crippen LogP contribution in [0.5, 0.6) is 0 Å². The molecular weight excluding hydrogens is 294 g/mol. The van der Waals surface area contributed by atoms with E-state index < -0.39 is 0 Å². The van der Waals surface area contributed by atoms with Crippen LogP contribution in [-0.4, -0.2) is 23.9 Å². The first-order chi connectivity index (χ1) is 8.58. The van der Waals surface area contributed by atoms with Crippen LogP contribution in [0.25, 0.3) is 0 Å². The van der Waals surface area contributed by atoms with Crippen molar-refractivity contribution in [2.24, 2.45) is 5.84 Å². The molecule has 0 aliphatic heterocycles. The average molecular weight is 314 g/mol. The normalized spacial score (nSPS) is 12.5. The highest BCUT2D eigenvalue weighted by molar-refractivity contribution is 9.10. The third kappa shape index (κ3) is 4.40. The van der Waals surface area contributed by atoms with Gasteiger partial charge in [0.2, 0.25) is 0 Å². The van der Waals surface area contributed by atoms with Crippen LogP contribution in [0, 0.1) is 0 Å². The molecule has 0 radical (unpaired) electrons. The highest BCUT2D eigenvalue weighted by atomic mass is 79.9. The van der Waals surface area contributed by atoms with Gasteiger partial charge >= 0.3 is 0 Å². The number of likely N-dealkylation sites (N-methyl/N-ethyl adjacent to an activating group) is 1. The van der Waals surface area contributed by atoms with Gasteiger partial charge in [0.25, 0.3) is 5.91 Å². The minimum absolute atomic E-state index is 0.130. The Morgan fingerprint density at radius 2 is 2.28 bits per heavy atom. The zero-order valence-corrected chi connectivity index (χ0v) is 12.4. The Balaban J connectivity index is 2.71. The van der Waals surface area contributed by atoms with Crippen LogP contribution < -0.4 is 11.3 Å². The Kier molecular flexibility index (Phi) is 6.32. The summed E-state index contributed by atoms with van der Waals surface area (Å²) in [6, 6.07) is 7.90. The van der Waals surface area contributed by atoms with E-state index in [1.807, 2.05) is 30.1 Å². The third-order valence-electron chi connectivity index (χ3n) is 2.86. The van der Waals surface area contributed by atoms with Crippen LogP contribution in [0.1, 0.15) is 25.3 Å². The predicted molar refractivity (Wildman–Crippen MR) is 76.6 cm³/mol. The summed E-state index contributed by atoms with van der Waals surface area (Å²) in [7, 11) is 1.94. The zero-order chi connectivity index (χ0) is 13.5. The smallest absolute Gasteiger partial charge is 0.251 e. The van der Waals surface area contributed by atoms with Crippen LogP contribution in [-0.2, 0) is 11.3 Å². The molecule has 1 atom stereocenters. The van der Waals surface area contributed by atoms with Gasteiger partial charge in [-0.15, -0.1) is 0 Å². The van der Waals surface area contributed by atoms with Gasteiger partial charge in [0, 0.05) is 11.0 Å². The van der Waals surface area contributed by atoms with Gasteiger partial charge in [0.05, 0.1) is 6.04 Å². The standard InChI is InChI=1S/C13H20BrN3O/c1-3-5-12(13(18)16-15)17(2)9-10-6-4-7-11(14)8-10/h4,6-8,12H,3,5,9,15H2,1-2H3,(H,16,18). The Morgan fingerprint density at radius 3 is 2.83 bits per heavy atom. The van der Waals surface area contributed by atoms with E-state index >= 15 is 0 Å². The summed E-state index contributed by atoms with van der Waals surface area (Å²) in [6.07, 6.45) is 1.74. The fourth-order valence-corrected chi connectivity index (χ4v) is 2.40. The van der Waals surface area contributed by atoms with E-state index in [1.54, 1.807) is 0 Å². The molecular formula is C13H20BrN3O. The maximum absolute atomic E-state index is 11.7. The van der Waals surface area contributed by atoms with Crippen LogP contribution in [0.4, 0.5) is 0 Å². The summed E-state index contributed by atoms with van der Waals surface area (Å²) in [4.78, 5) is 13.7.